The third-order valence-electron chi connectivity index (χ3n) is 5.40. The molecule has 0 aromatic heterocycles. The third-order valence-corrected chi connectivity index (χ3v) is 48.6. The molecular formula is C36H108O10Si14. The topological polar surface area (TPSA) is 92.3 Å². The molecule has 0 amide bonds. The first-order valence-corrected chi connectivity index (χ1v) is 66.2. The van der Waals surface area contributed by atoms with Gasteiger partial charge in [0.2, 0.25) is 0 Å². The van der Waals surface area contributed by atoms with Crippen molar-refractivity contribution in [2.45, 2.75) is 236 Å². The second-order valence-corrected chi connectivity index (χ2v) is 85.1. The maximum Gasteiger partial charge on any atom is 0.314 e. The van der Waals surface area contributed by atoms with Gasteiger partial charge in [-0.25, -0.2) is 0 Å². The lowest BCUT2D eigenvalue weighted by molar-refractivity contribution is 0.299. The minimum absolute atomic E-state index is 1.23. The Labute approximate surface area is 391 Å². The number of rotatable bonds is 20. The van der Waals surface area contributed by atoms with Gasteiger partial charge < -0.3 is 41.2 Å². The molecule has 0 aliphatic heterocycles. The first-order valence-electron chi connectivity index (χ1n) is 22.1. The Balaban J connectivity index is -0.000000363. The van der Waals surface area contributed by atoms with Crippen molar-refractivity contribution in [2.75, 3.05) is 0 Å². The Bertz CT molecular complexity index is 1130. The van der Waals surface area contributed by atoms with Crippen LogP contribution in [0.3, 0.4) is 0 Å². The smallest absolute Gasteiger partial charge is 0.314 e. The molecular weight excluding hydrogens is 986 g/mol. The molecule has 24 heteroatoms. The van der Waals surface area contributed by atoms with E-state index in [-0.39, 0.29) is 0 Å². The Morgan fingerprint density at radius 1 is 0.117 bits per heavy atom. The van der Waals surface area contributed by atoms with Crippen molar-refractivity contribution in [2.24, 2.45) is 0 Å². The van der Waals surface area contributed by atoms with E-state index in [1.807, 2.05) is 0 Å². The molecule has 0 aliphatic carbocycles. The molecule has 0 N–H and O–H groups in total. The van der Waals surface area contributed by atoms with Crippen molar-refractivity contribution in [1.82, 2.24) is 0 Å². The van der Waals surface area contributed by atoms with Crippen LogP contribution >= 0.6 is 0 Å². The lowest BCUT2D eigenvalue weighted by Crippen LogP contribution is -2.58. The largest absolute Gasteiger partial charge is 0.456 e. The molecule has 60 heavy (non-hydrogen) atoms. The third kappa shape index (κ3) is 55.0. The molecule has 368 valence electrons. The van der Waals surface area contributed by atoms with E-state index in [0.29, 0.717) is 0 Å². The average Bonchev–Trinajstić information content (AvgIpc) is 2.63. The van der Waals surface area contributed by atoms with Crippen molar-refractivity contribution in [3.8, 4) is 0 Å². The molecule has 0 bridgehead atoms. The summed E-state index contributed by atoms with van der Waals surface area (Å²) in [5, 5.41) is 0. The lowest BCUT2D eigenvalue weighted by Gasteiger charge is -2.41. The van der Waals surface area contributed by atoms with E-state index in [0.717, 1.165) is 0 Å². The molecule has 0 saturated heterocycles. The second kappa shape index (κ2) is 24.3. The zero-order chi connectivity index (χ0) is 50.1. The first-order chi connectivity index (χ1) is 25.1. The summed E-state index contributed by atoms with van der Waals surface area (Å²) in [7, 11) is -24.1. The molecule has 0 radical (unpaired) electrons. The van der Waals surface area contributed by atoms with Gasteiger partial charge in [0, 0.05) is 0 Å². The highest BCUT2D eigenvalue weighted by Gasteiger charge is 2.45. The van der Waals surface area contributed by atoms with Crippen molar-refractivity contribution in [3.05, 3.63) is 0 Å². The van der Waals surface area contributed by atoms with Gasteiger partial charge in [-0.3, -0.25) is 0 Å². The van der Waals surface area contributed by atoms with Gasteiger partial charge in [-0.05, 0) is 236 Å². The zero-order valence-electron chi connectivity index (χ0n) is 47.1. The minimum atomic E-state index is -2.26. The van der Waals surface area contributed by atoms with Crippen LogP contribution in [0.5, 0.6) is 0 Å². The van der Waals surface area contributed by atoms with Crippen LogP contribution in [0.1, 0.15) is 0 Å². The summed E-state index contributed by atoms with van der Waals surface area (Å²) in [6, 6.07) is 0. The van der Waals surface area contributed by atoms with Crippen LogP contribution in [0.4, 0.5) is 0 Å². The fourth-order valence-electron chi connectivity index (χ4n) is 7.24. The molecule has 0 aliphatic rings. The normalized spacial score (nSPS) is 15.0. The highest BCUT2D eigenvalue weighted by molar-refractivity contribution is 6.91. The van der Waals surface area contributed by atoms with Gasteiger partial charge in [0.05, 0.1) is 0 Å². The molecule has 0 fully saturated rings. The first kappa shape index (κ1) is 69.2. The van der Waals surface area contributed by atoms with Crippen LogP contribution < -0.4 is 0 Å². The van der Waals surface area contributed by atoms with Crippen LogP contribution in [0, 0.1) is 0 Å². The van der Waals surface area contributed by atoms with Crippen molar-refractivity contribution in [1.29, 1.82) is 0 Å². The van der Waals surface area contributed by atoms with Crippen molar-refractivity contribution in [3.63, 3.8) is 0 Å². The maximum atomic E-state index is 6.39. The lowest BCUT2D eigenvalue weighted by atomic mass is 11.8. The van der Waals surface area contributed by atoms with E-state index < -0.39 is 118 Å². The van der Waals surface area contributed by atoms with E-state index in [1.54, 1.807) is 0 Å². The van der Waals surface area contributed by atoms with Gasteiger partial charge in [-0.15, -0.1) is 0 Å². The summed E-state index contributed by atoms with van der Waals surface area (Å²) >= 11 is 0. The molecule has 0 heterocycles. The van der Waals surface area contributed by atoms with E-state index >= 15 is 0 Å². The van der Waals surface area contributed by atoms with Crippen LogP contribution in [0.25, 0.3) is 0 Å². The Hall–Kier alpha value is 2.64. The van der Waals surface area contributed by atoms with Crippen LogP contribution in [-0.2, 0) is 41.2 Å². The van der Waals surface area contributed by atoms with E-state index in [1.165, 1.54) is 0 Å². The van der Waals surface area contributed by atoms with Crippen LogP contribution in [0.15, 0.2) is 0 Å². The predicted octanol–water partition coefficient (Wildman–Crippen LogP) is 15.0. The standard InChI is InChI=1S/C12H36O4Si5.C10H30O3Si4.C8H24O2Si3.C6H18OSi2/c1-17(2,3)13-19(7,8)15-21(11,12)16-20(9,10)14-18(4,5)6;1-14(2,3)11-16(7,8)13-17(9,10)12-15(4,5)6;1-11(2,3)9-13(7,8)10-12(4,5)6;1-8(2,3)7-9(4,5)6/h1-12H3;1-10H3;1-8H3;1-6H3. The fourth-order valence-corrected chi connectivity index (χ4v) is 67.4. The van der Waals surface area contributed by atoms with E-state index in [4.69, 9.17) is 41.2 Å². The summed E-state index contributed by atoms with van der Waals surface area (Å²) in [6.45, 7) is 78.8. The molecule has 0 atom stereocenters. The van der Waals surface area contributed by atoms with Crippen LogP contribution in [0.2, 0.25) is 236 Å². The van der Waals surface area contributed by atoms with Crippen molar-refractivity contribution >= 4 is 118 Å². The summed E-state index contributed by atoms with van der Waals surface area (Å²) < 4.78 is 62.1. The highest BCUT2D eigenvalue weighted by atomic mass is 28.5. The fraction of sp³-hybridized carbons (Fsp3) is 1.00. The van der Waals surface area contributed by atoms with E-state index in [9.17, 15) is 0 Å². The summed E-state index contributed by atoms with van der Waals surface area (Å²) in [5.41, 5.74) is 0. The number of hydrogen-bond donors (Lipinski definition) is 0. The number of hydrogen-bond acceptors (Lipinski definition) is 10. The van der Waals surface area contributed by atoms with Gasteiger partial charge in [0.1, 0.15) is 0 Å². The van der Waals surface area contributed by atoms with Crippen LogP contribution in [-0.4, -0.2) is 118 Å². The molecule has 0 rings (SSSR count). The summed E-state index contributed by atoms with van der Waals surface area (Å²) in [5.74, 6) is 0. The molecule has 0 spiro atoms. The summed E-state index contributed by atoms with van der Waals surface area (Å²) in [4.78, 5) is 0. The molecule has 10 nitrogen and oxygen atoms in total. The molecule has 0 aromatic carbocycles. The van der Waals surface area contributed by atoms with Gasteiger partial charge in [-0.2, -0.15) is 0 Å². The second-order valence-electron chi connectivity index (χ2n) is 26.3. The zero-order valence-corrected chi connectivity index (χ0v) is 61.1. The van der Waals surface area contributed by atoms with Gasteiger partial charge >= 0.3 is 51.4 Å². The Morgan fingerprint density at radius 2 is 0.200 bits per heavy atom. The van der Waals surface area contributed by atoms with Gasteiger partial charge in [-0.1, -0.05) is 0 Å². The SMILES string of the molecule is C[Si](C)(C)O[Si](C)(C)C.C[Si](C)(C)O[Si](C)(C)O[Si](C)(C)C.C[Si](C)(C)O[Si](C)(C)O[Si](C)(C)O[Si](C)(C)C.C[Si](C)(C)O[Si](C)(C)O[Si](C)(C)O[Si](C)(C)O[Si](C)(C)C. The maximum absolute atomic E-state index is 6.39. The highest BCUT2D eigenvalue weighted by Crippen LogP contribution is 2.27. The van der Waals surface area contributed by atoms with Crippen molar-refractivity contribution < 1.29 is 41.2 Å². The average molecular weight is 1090 g/mol. The molecule has 0 saturated carbocycles. The monoisotopic (exact) mass is 1090 g/mol. The predicted molar refractivity (Wildman–Crippen MR) is 303 cm³/mol. The Morgan fingerprint density at radius 3 is 0.283 bits per heavy atom. The summed E-state index contributed by atoms with van der Waals surface area (Å²) in [6.07, 6.45) is 0. The van der Waals surface area contributed by atoms with Gasteiger partial charge in [0.15, 0.2) is 66.5 Å². The van der Waals surface area contributed by atoms with Gasteiger partial charge in [0.25, 0.3) is 0 Å². The Kier molecular flexibility index (Phi) is 28.0. The quantitative estimate of drug-likeness (QED) is 0.110. The molecule has 0 aromatic rings. The molecule has 0 unspecified atom stereocenters. The van der Waals surface area contributed by atoms with E-state index in [2.05, 4.69) is 236 Å². The minimum Gasteiger partial charge on any atom is -0.456 e.